The molecule has 0 bridgehead atoms. The molecule has 156 valence electrons. The Morgan fingerprint density at radius 2 is 1.93 bits per heavy atom. The molecule has 3 heterocycles. The van der Waals surface area contributed by atoms with Crippen LogP contribution in [0, 0.1) is 11.3 Å². The van der Waals surface area contributed by atoms with Gasteiger partial charge < -0.3 is 23.6 Å². The van der Waals surface area contributed by atoms with Gasteiger partial charge in [0.15, 0.2) is 5.76 Å². The minimum absolute atomic E-state index is 0.217. The Morgan fingerprint density at radius 3 is 2.73 bits per heavy atom. The standard InChI is InChI=1S/C22H24N4O4/c23-15-19-21(24-9-4-10-26-11-13-27-14-12-26)30-22(25-19)20-8-7-18(29-20)16-28-17-5-2-1-3-6-17/h1-3,5-8,24H,4,9-14,16H2. The topological polar surface area (TPSA) is 96.7 Å². The van der Waals surface area contributed by atoms with Crippen molar-refractivity contribution in [3.63, 3.8) is 0 Å². The Bertz CT molecular complexity index is 971. The van der Waals surface area contributed by atoms with Crippen molar-refractivity contribution in [1.82, 2.24) is 9.88 Å². The second-order valence-electron chi connectivity index (χ2n) is 6.91. The van der Waals surface area contributed by atoms with E-state index in [4.69, 9.17) is 18.3 Å². The lowest BCUT2D eigenvalue weighted by Gasteiger charge is -2.26. The molecule has 4 rings (SSSR count). The summed E-state index contributed by atoms with van der Waals surface area (Å²) >= 11 is 0. The largest absolute Gasteiger partial charge is 0.486 e. The lowest BCUT2D eigenvalue weighted by molar-refractivity contribution is 0.0378. The maximum atomic E-state index is 9.37. The smallest absolute Gasteiger partial charge is 0.266 e. The normalized spacial score (nSPS) is 14.4. The highest BCUT2D eigenvalue weighted by molar-refractivity contribution is 5.54. The van der Waals surface area contributed by atoms with Crippen LogP contribution in [0.4, 0.5) is 5.88 Å². The van der Waals surface area contributed by atoms with E-state index in [1.165, 1.54) is 0 Å². The zero-order chi connectivity index (χ0) is 20.6. The number of ether oxygens (including phenoxy) is 2. The Balaban J connectivity index is 1.32. The van der Waals surface area contributed by atoms with Crippen molar-refractivity contribution >= 4 is 5.88 Å². The van der Waals surface area contributed by atoms with Crippen molar-refractivity contribution in [2.75, 3.05) is 44.7 Å². The van der Waals surface area contributed by atoms with Gasteiger partial charge in [-0.15, -0.1) is 0 Å². The van der Waals surface area contributed by atoms with Gasteiger partial charge in [0.25, 0.3) is 5.89 Å². The van der Waals surface area contributed by atoms with Gasteiger partial charge in [-0.3, -0.25) is 4.90 Å². The Labute approximate surface area is 175 Å². The first-order chi connectivity index (χ1) is 14.8. The third-order valence-corrected chi connectivity index (χ3v) is 4.77. The number of hydrogen-bond donors (Lipinski definition) is 1. The number of anilines is 1. The first kappa shape index (κ1) is 20.0. The number of nitriles is 1. The second kappa shape index (κ2) is 9.96. The van der Waals surface area contributed by atoms with Crippen LogP contribution in [0.25, 0.3) is 11.7 Å². The molecule has 0 amide bonds. The molecule has 0 atom stereocenters. The van der Waals surface area contributed by atoms with Gasteiger partial charge >= 0.3 is 0 Å². The molecule has 1 N–H and O–H groups in total. The van der Waals surface area contributed by atoms with E-state index in [1.807, 2.05) is 36.4 Å². The molecule has 1 aliphatic heterocycles. The number of rotatable bonds is 9. The summed E-state index contributed by atoms with van der Waals surface area (Å²) in [4.78, 5) is 6.61. The minimum Gasteiger partial charge on any atom is -0.486 e. The highest BCUT2D eigenvalue weighted by Gasteiger charge is 2.17. The number of hydrogen-bond acceptors (Lipinski definition) is 8. The van der Waals surface area contributed by atoms with Gasteiger partial charge in [-0.2, -0.15) is 10.2 Å². The van der Waals surface area contributed by atoms with Crippen molar-refractivity contribution < 1.29 is 18.3 Å². The second-order valence-corrected chi connectivity index (χ2v) is 6.91. The maximum Gasteiger partial charge on any atom is 0.266 e. The molecular weight excluding hydrogens is 384 g/mol. The van der Waals surface area contributed by atoms with Gasteiger partial charge in [0.1, 0.15) is 24.2 Å². The van der Waals surface area contributed by atoms with Crippen molar-refractivity contribution in [1.29, 1.82) is 5.26 Å². The molecule has 3 aromatic rings. The Morgan fingerprint density at radius 1 is 1.10 bits per heavy atom. The summed E-state index contributed by atoms with van der Waals surface area (Å²) < 4.78 is 22.6. The minimum atomic E-state index is 0.217. The number of furan rings is 1. The summed E-state index contributed by atoms with van der Waals surface area (Å²) in [6.45, 7) is 5.47. The highest BCUT2D eigenvalue weighted by atomic mass is 16.5. The van der Waals surface area contributed by atoms with Crippen LogP contribution in [0.5, 0.6) is 5.75 Å². The predicted octanol–water partition coefficient (Wildman–Crippen LogP) is 3.52. The van der Waals surface area contributed by atoms with Crippen LogP contribution in [0.3, 0.4) is 0 Å². The van der Waals surface area contributed by atoms with E-state index in [2.05, 4.69) is 21.3 Å². The Hall–Kier alpha value is -3.28. The summed E-state index contributed by atoms with van der Waals surface area (Å²) in [7, 11) is 0. The summed E-state index contributed by atoms with van der Waals surface area (Å²) in [6, 6.07) is 15.2. The third-order valence-electron chi connectivity index (χ3n) is 4.77. The molecule has 30 heavy (non-hydrogen) atoms. The Kier molecular flexibility index (Phi) is 6.65. The molecule has 1 fully saturated rings. The van der Waals surface area contributed by atoms with Gasteiger partial charge in [-0.25, -0.2) is 0 Å². The molecule has 0 spiro atoms. The molecular formula is C22H24N4O4. The lowest BCUT2D eigenvalue weighted by atomic mass is 10.3. The number of morpholine rings is 1. The van der Waals surface area contributed by atoms with E-state index in [0.717, 1.165) is 45.0 Å². The van der Waals surface area contributed by atoms with E-state index in [9.17, 15) is 5.26 Å². The van der Waals surface area contributed by atoms with Gasteiger partial charge in [-0.05, 0) is 37.2 Å². The maximum absolute atomic E-state index is 9.37. The first-order valence-corrected chi connectivity index (χ1v) is 10.0. The first-order valence-electron chi connectivity index (χ1n) is 10.0. The molecule has 0 aliphatic carbocycles. The molecule has 1 aliphatic rings. The van der Waals surface area contributed by atoms with Crippen LogP contribution < -0.4 is 10.1 Å². The predicted molar refractivity (Wildman–Crippen MR) is 110 cm³/mol. The third kappa shape index (κ3) is 5.20. The van der Waals surface area contributed by atoms with Crippen molar-refractivity contribution in [2.45, 2.75) is 13.0 Å². The number of nitrogens with one attached hydrogen (secondary N) is 1. The molecule has 2 aromatic heterocycles. The molecule has 0 radical (unpaired) electrons. The zero-order valence-electron chi connectivity index (χ0n) is 16.7. The average Bonchev–Trinajstić information content (AvgIpc) is 3.43. The number of oxazole rings is 1. The summed E-state index contributed by atoms with van der Waals surface area (Å²) in [6.07, 6.45) is 0.933. The fourth-order valence-corrected chi connectivity index (χ4v) is 3.19. The van der Waals surface area contributed by atoms with E-state index in [0.29, 0.717) is 30.6 Å². The monoisotopic (exact) mass is 408 g/mol. The number of aromatic nitrogens is 1. The molecule has 8 heteroatoms. The molecule has 1 saturated heterocycles. The van der Waals surface area contributed by atoms with Crippen molar-refractivity contribution in [3.05, 3.63) is 53.9 Å². The van der Waals surface area contributed by atoms with Crippen LogP contribution in [0.1, 0.15) is 17.9 Å². The van der Waals surface area contributed by atoms with Crippen LogP contribution in [-0.4, -0.2) is 49.3 Å². The van der Waals surface area contributed by atoms with E-state index in [-0.39, 0.29) is 11.6 Å². The fraction of sp³-hybridized carbons (Fsp3) is 0.364. The van der Waals surface area contributed by atoms with Crippen LogP contribution in [-0.2, 0) is 11.3 Å². The van der Waals surface area contributed by atoms with Crippen molar-refractivity contribution in [3.8, 4) is 23.5 Å². The van der Waals surface area contributed by atoms with Gasteiger partial charge in [0, 0.05) is 19.6 Å². The fourth-order valence-electron chi connectivity index (χ4n) is 3.19. The van der Waals surface area contributed by atoms with E-state index < -0.39 is 0 Å². The number of para-hydroxylation sites is 1. The zero-order valence-corrected chi connectivity index (χ0v) is 16.7. The van der Waals surface area contributed by atoms with Gasteiger partial charge in [0.05, 0.1) is 13.2 Å². The SMILES string of the molecule is N#Cc1nc(-c2ccc(COc3ccccc3)o2)oc1NCCCN1CCOCC1. The lowest BCUT2D eigenvalue weighted by Crippen LogP contribution is -2.37. The van der Waals surface area contributed by atoms with Gasteiger partial charge in [0.2, 0.25) is 11.6 Å². The average molecular weight is 408 g/mol. The highest BCUT2D eigenvalue weighted by Crippen LogP contribution is 2.27. The summed E-state index contributed by atoms with van der Waals surface area (Å²) in [5.74, 6) is 2.51. The molecule has 0 unspecified atom stereocenters. The summed E-state index contributed by atoms with van der Waals surface area (Å²) in [5.41, 5.74) is 0.217. The van der Waals surface area contributed by atoms with Crippen molar-refractivity contribution in [2.24, 2.45) is 0 Å². The number of benzene rings is 1. The number of nitrogens with zero attached hydrogens (tertiary/aromatic N) is 3. The van der Waals surface area contributed by atoms with E-state index in [1.54, 1.807) is 6.07 Å². The molecule has 0 saturated carbocycles. The van der Waals surface area contributed by atoms with Gasteiger partial charge in [-0.1, -0.05) is 18.2 Å². The molecule has 1 aromatic carbocycles. The van der Waals surface area contributed by atoms with E-state index >= 15 is 0 Å². The van der Waals surface area contributed by atoms with Crippen LogP contribution in [0.2, 0.25) is 0 Å². The summed E-state index contributed by atoms with van der Waals surface area (Å²) in [5, 5.41) is 12.5. The quantitative estimate of drug-likeness (QED) is 0.537. The van der Waals surface area contributed by atoms with Crippen LogP contribution in [0.15, 0.2) is 51.3 Å². The molecule has 8 nitrogen and oxygen atoms in total. The van der Waals surface area contributed by atoms with Crippen LogP contribution >= 0.6 is 0 Å².